The molecule has 1 atom stereocenters. The summed E-state index contributed by atoms with van der Waals surface area (Å²) in [6, 6.07) is 29.6. The van der Waals surface area contributed by atoms with Crippen LogP contribution in [-0.4, -0.2) is 20.7 Å². The maximum atomic E-state index is 5.02. The zero-order valence-electron chi connectivity index (χ0n) is 18.4. The minimum Gasteiger partial charge on any atom is -0.237 e. The number of rotatable bonds is 2. The molecular weight excluding hydrogens is 416 g/mol. The van der Waals surface area contributed by atoms with Crippen LogP contribution in [0.15, 0.2) is 108 Å². The van der Waals surface area contributed by atoms with Gasteiger partial charge in [-0.2, -0.15) is 0 Å². The molecule has 0 saturated carbocycles. The van der Waals surface area contributed by atoms with Crippen LogP contribution in [0.25, 0.3) is 27.9 Å². The predicted molar refractivity (Wildman–Crippen MR) is 136 cm³/mol. The summed E-state index contributed by atoms with van der Waals surface area (Å²) in [6.07, 6.45) is 6.72. The van der Waals surface area contributed by atoms with E-state index in [0.717, 1.165) is 45.8 Å². The lowest BCUT2D eigenvalue weighted by Gasteiger charge is -2.14. The van der Waals surface area contributed by atoms with Crippen molar-refractivity contribution in [2.24, 2.45) is 4.99 Å². The van der Waals surface area contributed by atoms with Gasteiger partial charge in [0.1, 0.15) is 0 Å². The van der Waals surface area contributed by atoms with E-state index in [0.29, 0.717) is 0 Å². The average molecular weight is 437 g/mol. The number of aliphatic imine (C=N–C) groups is 1. The van der Waals surface area contributed by atoms with Gasteiger partial charge in [0.25, 0.3) is 0 Å². The second-order valence-electron chi connectivity index (χ2n) is 8.75. The fourth-order valence-electron chi connectivity index (χ4n) is 5.07. The molecule has 0 bridgehead atoms. The largest absolute Gasteiger partial charge is 0.237 e. The molecule has 1 aliphatic heterocycles. The van der Waals surface area contributed by atoms with Gasteiger partial charge in [-0.15, -0.1) is 0 Å². The molecule has 3 heterocycles. The SMILES string of the molecule is C1=C(c2ccc(-c3ncccn3)cc2)c2ccccc2CC2C1=Nc1nc3ccccc3cc12. The van der Waals surface area contributed by atoms with E-state index in [1.54, 1.807) is 12.4 Å². The van der Waals surface area contributed by atoms with Crippen molar-refractivity contribution in [3.8, 4) is 11.4 Å². The number of hydrogen-bond donors (Lipinski definition) is 0. The monoisotopic (exact) mass is 436 g/mol. The topological polar surface area (TPSA) is 51.0 Å². The predicted octanol–water partition coefficient (Wildman–Crippen LogP) is 6.55. The van der Waals surface area contributed by atoms with Gasteiger partial charge < -0.3 is 0 Å². The van der Waals surface area contributed by atoms with Crippen molar-refractivity contribution in [2.75, 3.05) is 0 Å². The smallest absolute Gasteiger partial charge is 0.159 e. The molecule has 5 aromatic rings. The zero-order chi connectivity index (χ0) is 22.5. The number of pyridine rings is 1. The van der Waals surface area contributed by atoms with E-state index in [9.17, 15) is 0 Å². The Balaban J connectivity index is 1.36. The van der Waals surface area contributed by atoms with Gasteiger partial charge in [-0.3, -0.25) is 0 Å². The zero-order valence-corrected chi connectivity index (χ0v) is 18.4. The number of aromatic nitrogens is 3. The van der Waals surface area contributed by atoms with Crippen molar-refractivity contribution < 1.29 is 0 Å². The standard InChI is InChI=1S/C30H20N4/c1-3-8-23-21(6-1)16-25-26-17-22-7-2-4-9-27(22)33-30(26)34-28(25)18-24(23)19-10-12-20(13-11-19)29-31-14-5-15-32-29/h1-15,17-18,25H,16H2. The molecule has 160 valence electrons. The third-order valence-electron chi connectivity index (χ3n) is 6.74. The van der Waals surface area contributed by atoms with Crippen LogP contribution < -0.4 is 0 Å². The van der Waals surface area contributed by atoms with Gasteiger partial charge in [0.15, 0.2) is 11.6 Å². The van der Waals surface area contributed by atoms with Gasteiger partial charge in [0, 0.05) is 34.8 Å². The van der Waals surface area contributed by atoms with E-state index >= 15 is 0 Å². The Hall–Kier alpha value is -4.44. The van der Waals surface area contributed by atoms with E-state index in [4.69, 9.17) is 9.98 Å². The fraction of sp³-hybridized carbons (Fsp3) is 0.0667. The van der Waals surface area contributed by atoms with Crippen molar-refractivity contribution in [3.63, 3.8) is 0 Å². The summed E-state index contributed by atoms with van der Waals surface area (Å²) in [5.41, 5.74) is 9.24. The van der Waals surface area contributed by atoms with E-state index in [-0.39, 0.29) is 5.92 Å². The van der Waals surface area contributed by atoms with Gasteiger partial charge in [-0.05, 0) is 53.0 Å². The molecule has 2 aliphatic rings. The summed E-state index contributed by atoms with van der Waals surface area (Å²) in [5, 5.41) is 1.16. The van der Waals surface area contributed by atoms with Crippen molar-refractivity contribution in [1.82, 2.24) is 15.0 Å². The first-order chi connectivity index (χ1) is 16.8. The molecule has 0 spiro atoms. The molecule has 0 fully saturated rings. The van der Waals surface area contributed by atoms with Gasteiger partial charge in [0.05, 0.1) is 11.2 Å². The lowest BCUT2D eigenvalue weighted by atomic mass is 9.89. The number of fused-ring (bicyclic) bond motifs is 5. The lowest BCUT2D eigenvalue weighted by Crippen LogP contribution is -2.08. The molecule has 0 N–H and O–H groups in total. The van der Waals surface area contributed by atoms with E-state index < -0.39 is 0 Å². The Morgan fingerprint density at radius 2 is 1.50 bits per heavy atom. The molecule has 0 radical (unpaired) electrons. The first-order valence-electron chi connectivity index (χ1n) is 11.5. The lowest BCUT2D eigenvalue weighted by molar-refractivity contribution is 0.900. The van der Waals surface area contributed by atoms with Gasteiger partial charge in [0.2, 0.25) is 0 Å². The summed E-state index contributed by atoms with van der Waals surface area (Å²) in [6.45, 7) is 0. The Morgan fingerprint density at radius 1 is 0.735 bits per heavy atom. The van der Waals surface area contributed by atoms with E-state index in [1.165, 1.54) is 22.3 Å². The highest BCUT2D eigenvalue weighted by atomic mass is 14.9. The maximum absolute atomic E-state index is 5.02. The molecule has 2 aromatic heterocycles. The molecular formula is C30H20N4. The minimum atomic E-state index is 0.211. The number of allylic oxidation sites excluding steroid dienone is 1. The van der Waals surface area contributed by atoms with Crippen molar-refractivity contribution in [1.29, 1.82) is 0 Å². The van der Waals surface area contributed by atoms with Crippen LogP contribution in [0.5, 0.6) is 0 Å². The molecule has 0 saturated heterocycles. The molecule has 0 amide bonds. The second kappa shape index (κ2) is 7.56. The first kappa shape index (κ1) is 19.1. The molecule has 4 heteroatoms. The summed E-state index contributed by atoms with van der Waals surface area (Å²) < 4.78 is 0. The van der Waals surface area contributed by atoms with Gasteiger partial charge in [-0.1, -0.05) is 66.7 Å². The molecule has 3 aromatic carbocycles. The number of hydrogen-bond acceptors (Lipinski definition) is 4. The Kier molecular flexibility index (Phi) is 4.24. The number of nitrogens with zero attached hydrogens (tertiary/aromatic N) is 4. The quantitative estimate of drug-likeness (QED) is 0.315. The molecule has 7 rings (SSSR count). The summed E-state index contributed by atoms with van der Waals surface area (Å²) in [4.78, 5) is 18.7. The minimum absolute atomic E-state index is 0.211. The van der Waals surface area contributed by atoms with Crippen LogP contribution in [0.2, 0.25) is 0 Å². The van der Waals surface area contributed by atoms with Crippen molar-refractivity contribution in [3.05, 3.63) is 126 Å². The summed E-state index contributed by atoms with van der Waals surface area (Å²) in [5.74, 6) is 1.80. The third-order valence-corrected chi connectivity index (χ3v) is 6.74. The molecule has 4 nitrogen and oxygen atoms in total. The summed E-state index contributed by atoms with van der Waals surface area (Å²) >= 11 is 0. The van der Waals surface area contributed by atoms with E-state index in [2.05, 4.69) is 88.8 Å². The number of benzene rings is 3. The van der Waals surface area contributed by atoms with Crippen molar-refractivity contribution in [2.45, 2.75) is 12.3 Å². The van der Waals surface area contributed by atoms with Crippen LogP contribution in [0.1, 0.15) is 28.2 Å². The normalized spacial score (nSPS) is 16.2. The van der Waals surface area contributed by atoms with E-state index in [1.807, 2.05) is 12.1 Å². The van der Waals surface area contributed by atoms with Gasteiger partial charge >= 0.3 is 0 Å². The molecule has 1 unspecified atom stereocenters. The van der Waals surface area contributed by atoms with Crippen molar-refractivity contribution >= 4 is 28.0 Å². The maximum Gasteiger partial charge on any atom is 0.159 e. The fourth-order valence-corrected chi connectivity index (χ4v) is 5.07. The Labute approximate surface area is 197 Å². The highest BCUT2D eigenvalue weighted by molar-refractivity contribution is 6.12. The summed E-state index contributed by atoms with van der Waals surface area (Å²) in [7, 11) is 0. The number of para-hydroxylation sites is 1. The van der Waals surface area contributed by atoms with Crippen LogP contribution in [0.3, 0.4) is 0 Å². The second-order valence-corrected chi connectivity index (χ2v) is 8.75. The molecule has 34 heavy (non-hydrogen) atoms. The van der Waals surface area contributed by atoms with Crippen LogP contribution in [0.4, 0.5) is 5.82 Å². The van der Waals surface area contributed by atoms with Crippen LogP contribution in [-0.2, 0) is 6.42 Å². The highest BCUT2D eigenvalue weighted by Gasteiger charge is 2.31. The van der Waals surface area contributed by atoms with Gasteiger partial charge in [-0.25, -0.2) is 19.9 Å². The Bertz CT molecular complexity index is 1620. The van der Waals surface area contributed by atoms with Crippen LogP contribution in [0, 0.1) is 0 Å². The average Bonchev–Trinajstić information content (AvgIpc) is 3.13. The first-order valence-corrected chi connectivity index (χ1v) is 11.5. The Morgan fingerprint density at radius 3 is 2.38 bits per heavy atom. The highest BCUT2D eigenvalue weighted by Crippen LogP contribution is 2.43. The molecule has 1 aliphatic carbocycles. The third kappa shape index (κ3) is 3.07. The van der Waals surface area contributed by atoms with Crippen LogP contribution >= 0.6 is 0 Å².